The van der Waals surface area contributed by atoms with Crippen LogP contribution in [0.2, 0.25) is 0 Å². The van der Waals surface area contributed by atoms with E-state index in [2.05, 4.69) is 10.4 Å². The van der Waals surface area contributed by atoms with Crippen molar-refractivity contribution in [3.8, 4) is 5.69 Å². The molecule has 0 aliphatic heterocycles. The summed E-state index contributed by atoms with van der Waals surface area (Å²) >= 11 is 0. The van der Waals surface area contributed by atoms with Gasteiger partial charge in [0.15, 0.2) is 0 Å². The van der Waals surface area contributed by atoms with Gasteiger partial charge in [-0.05, 0) is 37.1 Å². The van der Waals surface area contributed by atoms with E-state index in [9.17, 15) is 10.1 Å². The summed E-state index contributed by atoms with van der Waals surface area (Å²) in [5.74, 6) is 0. The second-order valence-corrected chi connectivity index (χ2v) is 5.61. The lowest BCUT2D eigenvalue weighted by molar-refractivity contribution is -0.384. The van der Waals surface area contributed by atoms with E-state index >= 15 is 0 Å². The molecule has 0 fully saturated rings. The third-order valence-corrected chi connectivity index (χ3v) is 3.86. The molecule has 0 aliphatic rings. The average Bonchev–Trinajstić information content (AvgIpc) is 3.00. The van der Waals surface area contributed by atoms with Crippen molar-refractivity contribution in [3.63, 3.8) is 0 Å². The van der Waals surface area contributed by atoms with E-state index in [0.29, 0.717) is 12.2 Å². The lowest BCUT2D eigenvalue weighted by Gasteiger charge is -2.13. The summed E-state index contributed by atoms with van der Waals surface area (Å²) in [6, 6.07) is 14.9. The van der Waals surface area contributed by atoms with Crippen LogP contribution in [0.25, 0.3) is 5.69 Å². The lowest BCUT2D eigenvalue weighted by atomic mass is 10.1. The zero-order chi connectivity index (χ0) is 17.1. The minimum Gasteiger partial charge on any atom is -0.375 e. The van der Waals surface area contributed by atoms with Crippen LogP contribution in [-0.2, 0) is 6.54 Å². The Balaban J connectivity index is 1.90. The topological polar surface area (TPSA) is 73.0 Å². The summed E-state index contributed by atoms with van der Waals surface area (Å²) in [4.78, 5) is 10.9. The van der Waals surface area contributed by atoms with Crippen LogP contribution in [0.15, 0.2) is 54.7 Å². The predicted molar refractivity (Wildman–Crippen MR) is 93.5 cm³/mol. The maximum Gasteiger partial charge on any atom is 0.292 e. The normalized spacial score (nSPS) is 10.6. The van der Waals surface area contributed by atoms with E-state index in [-0.39, 0.29) is 10.6 Å². The van der Waals surface area contributed by atoms with Crippen LogP contribution >= 0.6 is 0 Å². The van der Waals surface area contributed by atoms with Gasteiger partial charge >= 0.3 is 0 Å². The van der Waals surface area contributed by atoms with E-state index in [1.165, 1.54) is 6.07 Å². The molecular weight excluding hydrogens is 304 g/mol. The Morgan fingerprint density at radius 1 is 1.12 bits per heavy atom. The molecule has 0 aliphatic carbocycles. The first-order valence-corrected chi connectivity index (χ1v) is 7.64. The molecule has 3 rings (SSSR count). The first kappa shape index (κ1) is 15.7. The highest BCUT2D eigenvalue weighted by Gasteiger charge is 2.15. The fourth-order valence-corrected chi connectivity index (χ4v) is 2.65. The number of nitro benzene ring substituents is 1. The molecule has 2 aromatic carbocycles. The number of hydrogen-bond acceptors (Lipinski definition) is 4. The summed E-state index contributed by atoms with van der Waals surface area (Å²) in [6.45, 7) is 4.27. The third kappa shape index (κ3) is 3.12. The first-order valence-electron chi connectivity index (χ1n) is 7.64. The van der Waals surface area contributed by atoms with Crippen LogP contribution < -0.4 is 5.32 Å². The molecule has 0 atom stereocenters. The van der Waals surface area contributed by atoms with Crippen LogP contribution in [0.5, 0.6) is 0 Å². The summed E-state index contributed by atoms with van der Waals surface area (Å²) in [5, 5.41) is 18.9. The molecule has 122 valence electrons. The highest BCUT2D eigenvalue weighted by atomic mass is 16.6. The number of nitrogens with one attached hydrogen (secondary N) is 1. The molecule has 24 heavy (non-hydrogen) atoms. The van der Waals surface area contributed by atoms with Crippen LogP contribution in [0.3, 0.4) is 0 Å². The number of anilines is 1. The average molecular weight is 322 g/mol. The maximum atomic E-state index is 11.2. The molecule has 1 N–H and O–H groups in total. The number of benzene rings is 2. The Kier molecular flexibility index (Phi) is 4.29. The molecule has 6 heteroatoms. The van der Waals surface area contributed by atoms with Gasteiger partial charge in [-0.3, -0.25) is 10.1 Å². The second kappa shape index (κ2) is 6.54. The highest BCUT2D eigenvalue weighted by Crippen LogP contribution is 2.28. The summed E-state index contributed by atoms with van der Waals surface area (Å²) in [7, 11) is 0. The van der Waals surface area contributed by atoms with Crippen molar-refractivity contribution in [2.75, 3.05) is 5.32 Å². The van der Waals surface area contributed by atoms with E-state index in [0.717, 1.165) is 22.5 Å². The number of para-hydroxylation sites is 2. The number of aryl methyl sites for hydroxylation is 2. The van der Waals surface area contributed by atoms with Crippen molar-refractivity contribution in [1.82, 2.24) is 9.78 Å². The van der Waals surface area contributed by atoms with Crippen molar-refractivity contribution in [1.29, 1.82) is 0 Å². The van der Waals surface area contributed by atoms with Gasteiger partial charge in [0.05, 0.1) is 16.3 Å². The Morgan fingerprint density at radius 2 is 1.92 bits per heavy atom. The van der Waals surface area contributed by atoms with Crippen molar-refractivity contribution in [3.05, 3.63) is 81.7 Å². The largest absolute Gasteiger partial charge is 0.375 e. The van der Waals surface area contributed by atoms with Gasteiger partial charge in [-0.1, -0.05) is 30.3 Å². The van der Waals surface area contributed by atoms with Gasteiger partial charge in [0.2, 0.25) is 0 Å². The van der Waals surface area contributed by atoms with Crippen molar-refractivity contribution in [2.24, 2.45) is 0 Å². The van der Waals surface area contributed by atoms with Crippen LogP contribution in [0.4, 0.5) is 11.4 Å². The molecule has 0 radical (unpaired) electrons. The van der Waals surface area contributed by atoms with Crippen LogP contribution in [0, 0.1) is 24.0 Å². The molecule has 1 aromatic heterocycles. The van der Waals surface area contributed by atoms with Crippen molar-refractivity contribution >= 4 is 11.4 Å². The van der Waals surface area contributed by atoms with Gasteiger partial charge in [0.25, 0.3) is 5.69 Å². The number of nitrogens with zero attached hydrogens (tertiary/aromatic N) is 3. The number of rotatable bonds is 5. The molecule has 0 amide bonds. The van der Waals surface area contributed by atoms with Gasteiger partial charge in [-0.2, -0.15) is 5.10 Å². The standard InChI is InChI=1S/C18H18N4O2/c1-13-6-5-9-17(22(23)24)18(13)19-12-15-7-3-4-8-16(15)21-11-10-14(2)20-21/h3-11,19H,12H2,1-2H3. The minimum atomic E-state index is -0.363. The van der Waals surface area contributed by atoms with Gasteiger partial charge in [0, 0.05) is 18.8 Å². The molecule has 0 saturated carbocycles. The smallest absolute Gasteiger partial charge is 0.292 e. The molecule has 1 heterocycles. The zero-order valence-corrected chi connectivity index (χ0v) is 13.6. The van der Waals surface area contributed by atoms with Gasteiger partial charge in [-0.15, -0.1) is 0 Å². The van der Waals surface area contributed by atoms with E-state index < -0.39 is 0 Å². The second-order valence-electron chi connectivity index (χ2n) is 5.61. The van der Waals surface area contributed by atoms with Gasteiger partial charge in [-0.25, -0.2) is 4.68 Å². The molecule has 3 aromatic rings. The van der Waals surface area contributed by atoms with E-state index in [1.807, 2.05) is 61.1 Å². The van der Waals surface area contributed by atoms with Crippen molar-refractivity contribution in [2.45, 2.75) is 20.4 Å². The monoisotopic (exact) mass is 322 g/mol. The molecule has 0 bridgehead atoms. The number of nitro groups is 1. The molecule has 0 spiro atoms. The zero-order valence-electron chi connectivity index (χ0n) is 13.6. The maximum absolute atomic E-state index is 11.2. The Hall–Kier alpha value is -3.15. The number of aromatic nitrogens is 2. The van der Waals surface area contributed by atoms with Crippen molar-refractivity contribution < 1.29 is 4.92 Å². The molecular formula is C18H18N4O2. The number of hydrogen-bond donors (Lipinski definition) is 1. The molecule has 0 unspecified atom stereocenters. The predicted octanol–water partition coefficient (Wildman–Crippen LogP) is 4.01. The summed E-state index contributed by atoms with van der Waals surface area (Å²) in [6.07, 6.45) is 1.91. The fourth-order valence-electron chi connectivity index (χ4n) is 2.65. The Bertz CT molecular complexity index is 886. The highest BCUT2D eigenvalue weighted by molar-refractivity contribution is 5.66. The molecule has 0 saturated heterocycles. The quantitative estimate of drug-likeness (QED) is 0.569. The first-order chi connectivity index (χ1) is 11.6. The minimum absolute atomic E-state index is 0.0856. The van der Waals surface area contributed by atoms with Crippen LogP contribution in [-0.4, -0.2) is 14.7 Å². The van der Waals surface area contributed by atoms with E-state index in [1.54, 1.807) is 6.07 Å². The summed E-state index contributed by atoms with van der Waals surface area (Å²) < 4.78 is 1.82. The van der Waals surface area contributed by atoms with E-state index in [4.69, 9.17) is 0 Å². The SMILES string of the molecule is Cc1ccn(-c2ccccc2CNc2c(C)cccc2[N+](=O)[O-])n1. The van der Waals surface area contributed by atoms with Gasteiger partial charge in [0.1, 0.15) is 5.69 Å². The third-order valence-electron chi connectivity index (χ3n) is 3.86. The van der Waals surface area contributed by atoms with Gasteiger partial charge < -0.3 is 5.32 Å². The lowest BCUT2D eigenvalue weighted by Crippen LogP contribution is -2.08. The Morgan fingerprint density at radius 3 is 2.62 bits per heavy atom. The fraction of sp³-hybridized carbons (Fsp3) is 0.167. The summed E-state index contributed by atoms with van der Waals surface area (Å²) in [5.41, 5.74) is 4.38. The van der Waals surface area contributed by atoms with Crippen LogP contribution in [0.1, 0.15) is 16.8 Å². The Labute approximate surface area is 139 Å². The molecule has 6 nitrogen and oxygen atoms in total.